The van der Waals surface area contributed by atoms with E-state index >= 15 is 0 Å². The summed E-state index contributed by atoms with van der Waals surface area (Å²) in [5.74, 6) is -0.772. The first kappa shape index (κ1) is 15.6. The van der Waals surface area contributed by atoms with Gasteiger partial charge in [0.1, 0.15) is 5.82 Å². The first-order valence-corrected chi connectivity index (χ1v) is 6.97. The monoisotopic (exact) mass is 326 g/mol. The average Bonchev–Trinajstić information content (AvgIpc) is 2.42. The number of amides is 1. The molecule has 0 radical (unpaired) electrons. The van der Waals surface area contributed by atoms with Crippen LogP contribution in [0.2, 0.25) is 10.0 Å². The molecule has 0 aliphatic carbocycles. The Kier molecular flexibility index (Phi) is 5.04. The summed E-state index contributed by atoms with van der Waals surface area (Å²) in [5.41, 5.74) is 1.37. The smallest absolute Gasteiger partial charge is 0.243 e. The van der Waals surface area contributed by atoms with E-state index in [0.717, 1.165) is 5.56 Å². The van der Waals surface area contributed by atoms with Crippen LogP contribution in [0.25, 0.3) is 0 Å². The normalized spacial score (nSPS) is 10.3. The lowest BCUT2D eigenvalue weighted by Gasteiger charge is -2.12. The lowest BCUT2D eigenvalue weighted by Crippen LogP contribution is -2.22. The minimum Gasteiger partial charge on any atom is -0.374 e. The molecule has 0 atom stereocenters. The van der Waals surface area contributed by atoms with Gasteiger partial charge >= 0.3 is 0 Å². The summed E-state index contributed by atoms with van der Waals surface area (Å²) in [4.78, 5) is 11.9. The minimum absolute atomic E-state index is 0.0939. The van der Waals surface area contributed by atoms with Crippen molar-refractivity contribution in [2.24, 2.45) is 0 Å². The Balaban J connectivity index is 2.03. The van der Waals surface area contributed by atoms with E-state index in [4.69, 9.17) is 23.2 Å². The number of rotatable bonds is 4. The van der Waals surface area contributed by atoms with Crippen LogP contribution in [0.3, 0.4) is 0 Å². The lowest BCUT2D eigenvalue weighted by atomic mass is 10.2. The van der Waals surface area contributed by atoms with E-state index in [1.807, 2.05) is 0 Å². The highest BCUT2D eigenvalue weighted by Gasteiger charge is 2.11. The maximum absolute atomic E-state index is 13.6. The van der Waals surface area contributed by atoms with E-state index in [0.29, 0.717) is 21.4 Å². The number of hydrogen-bond donors (Lipinski definition) is 2. The zero-order valence-electron chi connectivity index (χ0n) is 11.2. The minimum atomic E-state index is -0.404. The summed E-state index contributed by atoms with van der Waals surface area (Å²) in [7, 11) is 0. The molecule has 0 bridgehead atoms. The summed E-state index contributed by atoms with van der Waals surface area (Å²) in [6.45, 7) is 1.66. The predicted octanol–water partition coefficient (Wildman–Crippen LogP) is 4.49. The zero-order chi connectivity index (χ0) is 15.4. The quantitative estimate of drug-likeness (QED) is 0.869. The molecule has 0 aliphatic heterocycles. The van der Waals surface area contributed by atoms with Crippen molar-refractivity contribution < 1.29 is 9.18 Å². The molecule has 2 N–H and O–H groups in total. The summed E-state index contributed by atoms with van der Waals surface area (Å²) in [6, 6.07) is 9.63. The van der Waals surface area contributed by atoms with Crippen molar-refractivity contribution in [3.05, 3.63) is 57.8 Å². The van der Waals surface area contributed by atoms with E-state index in [-0.39, 0.29) is 12.5 Å². The van der Waals surface area contributed by atoms with Crippen molar-refractivity contribution in [2.75, 3.05) is 17.2 Å². The number of nitrogens with one attached hydrogen (secondary N) is 2. The molecule has 3 nitrogen and oxygen atoms in total. The fraction of sp³-hybridized carbons (Fsp3) is 0.133. The number of para-hydroxylation sites is 2. The van der Waals surface area contributed by atoms with Gasteiger partial charge in [-0.2, -0.15) is 0 Å². The summed E-state index contributed by atoms with van der Waals surface area (Å²) < 4.78 is 13.6. The van der Waals surface area contributed by atoms with Crippen LogP contribution < -0.4 is 10.6 Å². The third kappa shape index (κ3) is 3.86. The molecule has 2 aromatic carbocycles. The molecular formula is C15H13Cl2FN2O. The fourth-order valence-electron chi connectivity index (χ4n) is 1.83. The first-order valence-electron chi connectivity index (χ1n) is 6.22. The molecule has 110 valence electrons. The van der Waals surface area contributed by atoms with Gasteiger partial charge in [0.25, 0.3) is 0 Å². The van der Waals surface area contributed by atoms with Crippen molar-refractivity contribution >= 4 is 40.5 Å². The highest BCUT2D eigenvalue weighted by atomic mass is 35.5. The van der Waals surface area contributed by atoms with Gasteiger partial charge in [-0.3, -0.25) is 4.79 Å². The number of anilines is 2. The van der Waals surface area contributed by atoms with Crippen molar-refractivity contribution in [2.45, 2.75) is 6.92 Å². The second-order valence-corrected chi connectivity index (χ2v) is 5.24. The third-order valence-corrected chi connectivity index (χ3v) is 3.50. The van der Waals surface area contributed by atoms with Crippen molar-refractivity contribution in [1.82, 2.24) is 0 Å². The predicted molar refractivity (Wildman–Crippen MR) is 84.7 cm³/mol. The summed E-state index contributed by atoms with van der Waals surface area (Å²) in [5, 5.41) is 6.06. The SMILES string of the molecule is Cc1cccc(F)c1NCC(=O)Nc1c(Cl)cccc1Cl. The number of aryl methyl sites for hydroxylation is 1. The molecule has 0 aliphatic rings. The van der Waals surface area contributed by atoms with E-state index in [9.17, 15) is 9.18 Å². The molecule has 0 saturated heterocycles. The van der Waals surface area contributed by atoms with E-state index < -0.39 is 5.82 Å². The Bertz CT molecular complexity index is 636. The third-order valence-electron chi connectivity index (χ3n) is 2.87. The molecule has 0 unspecified atom stereocenters. The van der Waals surface area contributed by atoms with E-state index in [2.05, 4.69) is 10.6 Å². The highest BCUT2D eigenvalue weighted by molar-refractivity contribution is 6.39. The van der Waals surface area contributed by atoms with Gasteiger partial charge in [-0.05, 0) is 30.7 Å². The van der Waals surface area contributed by atoms with Gasteiger partial charge in [-0.1, -0.05) is 41.4 Å². The van der Waals surface area contributed by atoms with Gasteiger partial charge in [-0.25, -0.2) is 4.39 Å². The van der Waals surface area contributed by atoms with Crippen LogP contribution in [0.1, 0.15) is 5.56 Å². The zero-order valence-corrected chi connectivity index (χ0v) is 12.7. The van der Waals surface area contributed by atoms with Crippen LogP contribution in [-0.2, 0) is 4.79 Å². The van der Waals surface area contributed by atoms with Crippen molar-refractivity contribution in [3.8, 4) is 0 Å². The fourth-order valence-corrected chi connectivity index (χ4v) is 2.32. The topological polar surface area (TPSA) is 41.1 Å². The molecule has 0 spiro atoms. The molecule has 1 amide bonds. The van der Waals surface area contributed by atoms with Crippen molar-refractivity contribution in [1.29, 1.82) is 0 Å². The summed E-state index contributed by atoms with van der Waals surface area (Å²) in [6.07, 6.45) is 0. The molecule has 6 heteroatoms. The Hall–Kier alpha value is -1.78. The second kappa shape index (κ2) is 6.78. The van der Waals surface area contributed by atoms with Crippen LogP contribution in [-0.4, -0.2) is 12.5 Å². The number of halogens is 3. The number of benzene rings is 2. The molecule has 0 aromatic heterocycles. The van der Waals surface area contributed by atoms with Crippen LogP contribution in [0, 0.1) is 12.7 Å². The molecule has 2 aromatic rings. The standard InChI is InChI=1S/C15H13Cl2FN2O/c1-9-4-2-7-12(18)14(9)19-8-13(21)20-15-10(16)5-3-6-11(15)17/h2-7,19H,8H2,1H3,(H,20,21). The van der Waals surface area contributed by atoms with Gasteiger partial charge in [0.05, 0.1) is 28.0 Å². The van der Waals surface area contributed by atoms with Gasteiger partial charge in [0.15, 0.2) is 0 Å². The van der Waals surface area contributed by atoms with Crippen LogP contribution >= 0.6 is 23.2 Å². The van der Waals surface area contributed by atoms with Gasteiger partial charge in [0.2, 0.25) is 5.91 Å². The molecule has 0 saturated carbocycles. The molecule has 0 heterocycles. The second-order valence-electron chi connectivity index (χ2n) is 4.43. The van der Waals surface area contributed by atoms with Crippen LogP contribution in [0.4, 0.5) is 15.8 Å². The Morgan fingerprint density at radius 2 is 1.71 bits per heavy atom. The lowest BCUT2D eigenvalue weighted by molar-refractivity contribution is -0.114. The highest BCUT2D eigenvalue weighted by Crippen LogP contribution is 2.29. The van der Waals surface area contributed by atoms with Crippen LogP contribution in [0.15, 0.2) is 36.4 Å². The largest absolute Gasteiger partial charge is 0.374 e. The average molecular weight is 327 g/mol. The van der Waals surface area contributed by atoms with Crippen molar-refractivity contribution in [3.63, 3.8) is 0 Å². The molecule has 2 rings (SSSR count). The number of hydrogen-bond acceptors (Lipinski definition) is 2. The number of carbonyl (C=O) groups excluding carboxylic acids is 1. The molecular weight excluding hydrogens is 314 g/mol. The van der Waals surface area contributed by atoms with Gasteiger partial charge in [0, 0.05) is 0 Å². The molecule has 21 heavy (non-hydrogen) atoms. The Morgan fingerprint density at radius 3 is 2.33 bits per heavy atom. The Labute approximate surface area is 132 Å². The first-order chi connectivity index (χ1) is 9.99. The maximum atomic E-state index is 13.6. The number of carbonyl (C=O) groups is 1. The Morgan fingerprint density at radius 1 is 1.10 bits per heavy atom. The maximum Gasteiger partial charge on any atom is 0.243 e. The van der Waals surface area contributed by atoms with E-state index in [1.54, 1.807) is 37.3 Å². The molecule has 0 fully saturated rings. The van der Waals surface area contributed by atoms with Crippen LogP contribution in [0.5, 0.6) is 0 Å². The van der Waals surface area contributed by atoms with E-state index in [1.165, 1.54) is 6.07 Å². The van der Waals surface area contributed by atoms with Gasteiger partial charge in [-0.15, -0.1) is 0 Å². The van der Waals surface area contributed by atoms with Gasteiger partial charge < -0.3 is 10.6 Å². The summed E-state index contributed by atoms with van der Waals surface area (Å²) >= 11 is 11.9.